The lowest BCUT2D eigenvalue weighted by atomic mass is 10.1. The number of Topliss-reactive ketones (excluding diaryl/α,β-unsaturated/α-hetero) is 1. The Morgan fingerprint density at radius 1 is 1.32 bits per heavy atom. The number of benzene rings is 1. The van der Waals surface area contributed by atoms with Gasteiger partial charge in [-0.2, -0.15) is 0 Å². The molecule has 2 aromatic rings. The zero-order valence-corrected chi connectivity index (χ0v) is 16.8. The molecule has 22 heavy (non-hydrogen) atoms. The molecule has 3 rings (SSSR count). The third kappa shape index (κ3) is 3.10. The van der Waals surface area contributed by atoms with Gasteiger partial charge in [0.15, 0.2) is 5.78 Å². The molecule has 0 spiro atoms. The number of halogens is 2. The van der Waals surface area contributed by atoms with Crippen molar-refractivity contribution in [1.82, 2.24) is 4.98 Å². The summed E-state index contributed by atoms with van der Waals surface area (Å²) in [7, 11) is 0. The van der Waals surface area contributed by atoms with Gasteiger partial charge in [0.25, 0.3) is 0 Å². The lowest BCUT2D eigenvalue weighted by Gasteiger charge is -2.03. The highest BCUT2D eigenvalue weighted by atomic mass is 127. The maximum atomic E-state index is 12.5. The van der Waals surface area contributed by atoms with Gasteiger partial charge in [0.2, 0.25) is 0 Å². The van der Waals surface area contributed by atoms with Crippen LogP contribution >= 0.6 is 68.3 Å². The molecule has 0 unspecified atom stereocenters. The monoisotopic (exact) mass is 554 g/mol. The van der Waals surface area contributed by atoms with Crippen molar-refractivity contribution in [2.45, 2.75) is 5.92 Å². The molecule has 0 saturated carbocycles. The molecule has 8 heteroatoms. The van der Waals surface area contributed by atoms with Crippen molar-refractivity contribution in [2.75, 3.05) is 0 Å². The largest absolute Gasteiger partial charge is 0.506 e. The number of rotatable bonds is 2. The highest BCUT2D eigenvalue weighted by Gasteiger charge is 2.38. The summed E-state index contributed by atoms with van der Waals surface area (Å²) >= 11 is 6.69. The second-order valence-corrected chi connectivity index (χ2v) is 8.81. The predicted octanol–water partition coefficient (Wildman–Crippen LogP) is 4.48. The molecule has 4 nitrogen and oxygen atoms in total. The normalized spacial score (nSPS) is 20.1. The Kier molecular flexibility index (Phi) is 4.90. The van der Waals surface area contributed by atoms with E-state index in [1.807, 2.05) is 17.5 Å². The Morgan fingerprint density at radius 2 is 2.00 bits per heavy atom. The van der Waals surface area contributed by atoms with Crippen LogP contribution < -0.4 is 0 Å². The summed E-state index contributed by atoms with van der Waals surface area (Å²) in [5.74, 6) is -0.392. The summed E-state index contributed by atoms with van der Waals surface area (Å²) in [4.78, 5) is 17.2. The highest BCUT2D eigenvalue weighted by molar-refractivity contribution is 14.1. The number of phenols is 1. The minimum absolute atomic E-state index is 0.0805. The van der Waals surface area contributed by atoms with Gasteiger partial charge >= 0.3 is 0 Å². The number of aromatic hydroxyl groups is 1. The molecule has 1 aliphatic heterocycles. The smallest absolute Gasteiger partial charge is 0.186 e. The summed E-state index contributed by atoms with van der Waals surface area (Å²) in [6.07, 6.45) is 3.43. The lowest BCUT2D eigenvalue weighted by Crippen LogP contribution is -2.11. The van der Waals surface area contributed by atoms with Crippen LogP contribution in [0.5, 0.6) is 5.75 Å². The first-order valence-corrected chi connectivity index (χ1v) is 9.92. The number of allylic oxidation sites excluding steroid dienone is 1. The van der Waals surface area contributed by atoms with Crippen molar-refractivity contribution in [2.24, 2.45) is 0 Å². The minimum Gasteiger partial charge on any atom is -0.506 e. The fourth-order valence-electron chi connectivity index (χ4n) is 2.01. The van der Waals surface area contributed by atoms with Gasteiger partial charge in [0.05, 0.1) is 17.1 Å². The number of carbonyl (C=O) groups excluding carboxylic acids is 1. The summed E-state index contributed by atoms with van der Waals surface area (Å²) in [5.41, 5.74) is 0.843. The van der Waals surface area contributed by atoms with E-state index in [0.717, 1.165) is 12.7 Å². The van der Waals surface area contributed by atoms with Crippen molar-refractivity contribution < 1.29 is 9.90 Å². The molecule has 0 aliphatic carbocycles. The molecule has 0 amide bonds. The lowest BCUT2D eigenvalue weighted by molar-refractivity contribution is -0.114. The van der Waals surface area contributed by atoms with Crippen LogP contribution in [0, 0.1) is 12.5 Å². The Hall–Kier alpha value is -0.460. The SMILES string of the molecule is N=C1S/C(=C\c2cc(I)c(O)c(I)c2)C(=O)[C@H]1c1nccs1. The second kappa shape index (κ2) is 6.57. The van der Waals surface area contributed by atoms with E-state index in [1.54, 1.807) is 12.3 Å². The van der Waals surface area contributed by atoms with Crippen LogP contribution in [-0.4, -0.2) is 20.9 Å². The van der Waals surface area contributed by atoms with Crippen LogP contribution in [0.1, 0.15) is 16.5 Å². The molecule has 1 aliphatic rings. The molecular weight excluding hydrogens is 546 g/mol. The number of carbonyl (C=O) groups is 1. The summed E-state index contributed by atoms with van der Waals surface area (Å²) < 4.78 is 1.47. The van der Waals surface area contributed by atoms with Crippen molar-refractivity contribution in [3.8, 4) is 5.75 Å². The van der Waals surface area contributed by atoms with E-state index in [4.69, 9.17) is 5.41 Å². The summed E-state index contributed by atoms with van der Waals surface area (Å²) in [5, 5.41) is 20.7. The highest BCUT2D eigenvalue weighted by Crippen LogP contribution is 2.41. The second-order valence-electron chi connectivity index (χ2n) is 4.48. The number of thioether (sulfide) groups is 1. The average molecular weight is 554 g/mol. The van der Waals surface area contributed by atoms with Crippen molar-refractivity contribution >= 4 is 85.2 Å². The minimum atomic E-state index is -0.563. The van der Waals surface area contributed by atoms with Gasteiger partial charge in [-0.05, 0) is 69.0 Å². The fourth-order valence-corrected chi connectivity index (χ4v) is 5.63. The van der Waals surface area contributed by atoms with Crippen LogP contribution in [-0.2, 0) is 4.79 Å². The molecule has 1 aromatic carbocycles. The quantitative estimate of drug-likeness (QED) is 0.425. The third-order valence-electron chi connectivity index (χ3n) is 3.02. The number of nitrogens with one attached hydrogen (secondary N) is 1. The van der Waals surface area contributed by atoms with Gasteiger partial charge in [0, 0.05) is 11.6 Å². The van der Waals surface area contributed by atoms with E-state index in [1.165, 1.54) is 23.1 Å². The number of ketones is 1. The number of thiazole rings is 1. The molecule has 1 fully saturated rings. The van der Waals surface area contributed by atoms with Crippen LogP contribution in [0.15, 0.2) is 28.6 Å². The van der Waals surface area contributed by atoms with E-state index in [2.05, 4.69) is 50.2 Å². The first-order valence-electron chi connectivity index (χ1n) is 6.07. The van der Waals surface area contributed by atoms with Crippen LogP contribution in [0.3, 0.4) is 0 Å². The molecule has 1 saturated heterocycles. The standard InChI is InChI=1S/C14H8I2N2O2S2/c15-7-3-6(4-8(16)11(7)19)5-9-12(20)10(13(17)22-9)14-18-1-2-21-14/h1-5,10,17,19H/b9-5-,17-13?/t10-/m1/s1. The third-order valence-corrected chi connectivity index (χ3v) is 6.50. The van der Waals surface area contributed by atoms with Crippen molar-refractivity contribution in [3.63, 3.8) is 0 Å². The van der Waals surface area contributed by atoms with E-state index < -0.39 is 5.92 Å². The number of hydrogen-bond donors (Lipinski definition) is 2. The molecular formula is C14H8I2N2O2S2. The van der Waals surface area contributed by atoms with Gasteiger partial charge in [0.1, 0.15) is 16.7 Å². The van der Waals surface area contributed by atoms with E-state index >= 15 is 0 Å². The number of hydrogen-bond acceptors (Lipinski definition) is 6. The summed E-state index contributed by atoms with van der Waals surface area (Å²) in [6.45, 7) is 0. The molecule has 0 radical (unpaired) electrons. The van der Waals surface area contributed by atoms with Gasteiger partial charge in [-0.3, -0.25) is 10.2 Å². The molecule has 0 bridgehead atoms. The zero-order chi connectivity index (χ0) is 15.9. The Morgan fingerprint density at radius 3 is 2.59 bits per heavy atom. The van der Waals surface area contributed by atoms with Crippen LogP contribution in [0.4, 0.5) is 0 Å². The van der Waals surface area contributed by atoms with E-state index in [-0.39, 0.29) is 11.5 Å². The Balaban J connectivity index is 1.96. The van der Waals surface area contributed by atoms with Crippen LogP contribution in [0.25, 0.3) is 6.08 Å². The molecule has 1 aromatic heterocycles. The molecule has 2 heterocycles. The van der Waals surface area contributed by atoms with E-state index in [0.29, 0.717) is 15.0 Å². The summed E-state index contributed by atoms with van der Waals surface area (Å²) in [6, 6.07) is 3.64. The van der Waals surface area contributed by atoms with Gasteiger partial charge < -0.3 is 5.11 Å². The topological polar surface area (TPSA) is 74.0 Å². The zero-order valence-electron chi connectivity index (χ0n) is 10.8. The van der Waals surface area contributed by atoms with Gasteiger partial charge in [-0.25, -0.2) is 4.98 Å². The molecule has 1 atom stereocenters. The maximum absolute atomic E-state index is 12.5. The Labute approximate surface area is 162 Å². The number of nitrogens with zero attached hydrogens (tertiary/aromatic N) is 1. The fraction of sp³-hybridized carbons (Fsp3) is 0.0714. The molecule has 112 valence electrons. The maximum Gasteiger partial charge on any atom is 0.186 e. The van der Waals surface area contributed by atoms with Gasteiger partial charge in [-0.15, -0.1) is 11.3 Å². The van der Waals surface area contributed by atoms with Crippen molar-refractivity contribution in [1.29, 1.82) is 5.41 Å². The predicted molar refractivity (Wildman–Crippen MR) is 107 cm³/mol. The van der Waals surface area contributed by atoms with Gasteiger partial charge in [-0.1, -0.05) is 11.8 Å². The first-order chi connectivity index (χ1) is 10.5. The number of phenolic OH excluding ortho intramolecular Hbond substituents is 1. The average Bonchev–Trinajstić information content (AvgIpc) is 3.05. The van der Waals surface area contributed by atoms with Crippen LogP contribution in [0.2, 0.25) is 0 Å². The molecule has 2 N–H and O–H groups in total. The van der Waals surface area contributed by atoms with Crippen molar-refractivity contribution in [3.05, 3.63) is 46.3 Å². The van der Waals surface area contributed by atoms with E-state index in [9.17, 15) is 9.90 Å². The Bertz CT molecular complexity index is 780. The number of aromatic nitrogens is 1. The first kappa shape index (κ1) is 16.4.